The summed E-state index contributed by atoms with van der Waals surface area (Å²) in [6, 6.07) is 10.9. The molecule has 0 aromatic carbocycles. The second-order valence-corrected chi connectivity index (χ2v) is 15.0. The third kappa shape index (κ3) is 15.5. The van der Waals surface area contributed by atoms with Gasteiger partial charge in [-0.1, -0.05) is 6.07 Å². The van der Waals surface area contributed by atoms with Crippen LogP contribution in [0.3, 0.4) is 0 Å². The third-order valence-corrected chi connectivity index (χ3v) is 8.27. The topological polar surface area (TPSA) is 161 Å². The van der Waals surface area contributed by atoms with Crippen LogP contribution in [0, 0.1) is 0 Å². The van der Waals surface area contributed by atoms with E-state index >= 15 is 0 Å². The van der Waals surface area contributed by atoms with Gasteiger partial charge in [0.05, 0.1) is 37.3 Å². The van der Waals surface area contributed by atoms with Gasteiger partial charge in [-0.2, -0.15) is 0 Å². The van der Waals surface area contributed by atoms with Gasteiger partial charge in [-0.15, -0.1) is 22.7 Å². The van der Waals surface area contributed by atoms with Gasteiger partial charge in [-0.25, -0.2) is 9.59 Å². The number of carbonyl (C=O) groups is 2. The lowest BCUT2D eigenvalue weighted by Crippen LogP contribution is -2.32. The Hall–Kier alpha value is -3.70. The highest BCUT2D eigenvalue weighted by molar-refractivity contribution is 9.10. The van der Waals surface area contributed by atoms with Crippen molar-refractivity contribution in [2.45, 2.75) is 65.8 Å². The minimum atomic E-state index is -1.46. The maximum absolute atomic E-state index is 11.7. The first-order valence-corrected chi connectivity index (χ1v) is 17.0. The number of pyridine rings is 2. The van der Waals surface area contributed by atoms with E-state index in [2.05, 4.69) is 36.5 Å². The van der Waals surface area contributed by atoms with Crippen molar-refractivity contribution in [2.75, 3.05) is 14.2 Å². The molecule has 0 saturated carbocycles. The van der Waals surface area contributed by atoms with Crippen molar-refractivity contribution in [2.24, 2.45) is 0 Å². The van der Waals surface area contributed by atoms with Crippen molar-refractivity contribution in [3.8, 4) is 21.9 Å². The average molecular weight is 766 g/mol. The molecule has 0 bridgehead atoms. The zero-order valence-corrected chi connectivity index (χ0v) is 31.4. The Morgan fingerprint density at radius 1 is 0.771 bits per heavy atom. The van der Waals surface area contributed by atoms with E-state index in [1.165, 1.54) is 11.3 Å². The number of rotatable bonds is 8. The SMILES string of the molecule is CC(C)(C)OC(=O)NCc1ccc(B(O)O)s1.COc1ccncc1-c1ccc(CNC(=O)OC(C)(C)C)s1.COc1ccncc1Br. The predicted molar refractivity (Wildman–Crippen MR) is 193 cm³/mol. The molecule has 12 nitrogen and oxygen atoms in total. The van der Waals surface area contributed by atoms with Crippen molar-refractivity contribution in [1.29, 1.82) is 0 Å². The summed E-state index contributed by atoms with van der Waals surface area (Å²) in [7, 11) is 1.80. The van der Waals surface area contributed by atoms with Crippen LogP contribution in [-0.2, 0) is 22.6 Å². The van der Waals surface area contributed by atoms with Gasteiger partial charge in [0.2, 0.25) is 0 Å². The Morgan fingerprint density at radius 2 is 1.27 bits per heavy atom. The van der Waals surface area contributed by atoms with Gasteiger partial charge in [-0.05, 0) is 87.8 Å². The van der Waals surface area contributed by atoms with E-state index in [0.717, 1.165) is 36.2 Å². The van der Waals surface area contributed by atoms with Crippen LogP contribution in [0.2, 0.25) is 0 Å². The molecule has 260 valence electrons. The number of ether oxygens (including phenoxy) is 4. The second-order valence-electron chi connectivity index (χ2n) is 11.7. The number of nitrogens with one attached hydrogen (secondary N) is 2. The number of aromatic nitrogens is 2. The van der Waals surface area contributed by atoms with Gasteiger partial charge in [0, 0.05) is 44.2 Å². The Kier molecular flexibility index (Phi) is 16.3. The molecule has 0 atom stereocenters. The summed E-state index contributed by atoms with van der Waals surface area (Å²) in [5.41, 5.74) is -0.0711. The number of amides is 2. The Bertz CT molecular complexity index is 1590. The van der Waals surface area contributed by atoms with Gasteiger partial charge in [-0.3, -0.25) is 9.97 Å². The largest absolute Gasteiger partial charge is 0.499 e. The number of alkyl carbamates (subject to hydrolysis) is 2. The second kappa shape index (κ2) is 19.3. The summed E-state index contributed by atoms with van der Waals surface area (Å²) in [6.45, 7) is 11.6. The average Bonchev–Trinajstić information content (AvgIpc) is 3.69. The predicted octanol–water partition coefficient (Wildman–Crippen LogP) is 6.15. The van der Waals surface area contributed by atoms with Crippen LogP contribution >= 0.6 is 38.6 Å². The van der Waals surface area contributed by atoms with Crippen molar-refractivity contribution in [3.63, 3.8) is 0 Å². The summed E-state index contributed by atoms with van der Waals surface area (Å²) >= 11 is 6.08. The molecule has 48 heavy (non-hydrogen) atoms. The van der Waals surface area contributed by atoms with E-state index in [0.29, 0.717) is 17.9 Å². The monoisotopic (exact) mass is 764 g/mol. The minimum Gasteiger partial charge on any atom is -0.496 e. The van der Waals surface area contributed by atoms with Gasteiger partial charge in [0.25, 0.3) is 0 Å². The number of thiophene rings is 2. The number of nitrogens with zero attached hydrogens (tertiary/aromatic N) is 2. The normalized spacial score (nSPS) is 10.7. The summed E-state index contributed by atoms with van der Waals surface area (Å²) in [5.74, 6) is 1.59. The molecule has 0 aliphatic carbocycles. The molecular weight excluding hydrogens is 723 g/mol. The molecule has 0 saturated heterocycles. The molecule has 4 rings (SSSR count). The zero-order valence-electron chi connectivity index (χ0n) is 28.2. The maximum atomic E-state index is 11.7. The molecule has 0 fully saturated rings. The molecule has 4 heterocycles. The fourth-order valence-corrected chi connectivity index (χ4v) is 5.66. The van der Waals surface area contributed by atoms with E-state index in [1.54, 1.807) is 89.3 Å². The molecule has 16 heteroatoms. The van der Waals surface area contributed by atoms with E-state index in [4.69, 9.17) is 29.0 Å². The number of halogens is 1. The summed E-state index contributed by atoms with van der Waals surface area (Å²) in [5, 5.41) is 23.2. The number of hydrogen-bond donors (Lipinski definition) is 4. The van der Waals surface area contributed by atoms with Crippen LogP contribution in [0.5, 0.6) is 11.5 Å². The van der Waals surface area contributed by atoms with Crippen LogP contribution in [0.1, 0.15) is 51.3 Å². The molecule has 0 radical (unpaired) electrons. The van der Waals surface area contributed by atoms with E-state index in [1.807, 2.05) is 39.0 Å². The van der Waals surface area contributed by atoms with Crippen molar-refractivity contribution >= 4 is 62.7 Å². The van der Waals surface area contributed by atoms with Crippen LogP contribution in [-0.4, -0.2) is 64.7 Å². The van der Waals surface area contributed by atoms with E-state index in [-0.39, 0.29) is 0 Å². The molecule has 0 unspecified atom stereocenters. The number of carbonyl (C=O) groups excluding carboxylic acids is 2. The molecule has 0 aliphatic rings. The molecule has 4 N–H and O–H groups in total. The zero-order chi connectivity index (χ0) is 35.9. The first-order valence-electron chi connectivity index (χ1n) is 14.6. The number of hydrogen-bond acceptors (Lipinski definition) is 12. The Morgan fingerprint density at radius 3 is 1.73 bits per heavy atom. The molecule has 2 amide bonds. The summed E-state index contributed by atoms with van der Waals surface area (Å²) in [4.78, 5) is 33.9. The molecule has 0 aliphatic heterocycles. The Balaban J connectivity index is 0.000000272. The van der Waals surface area contributed by atoms with Crippen LogP contribution in [0.25, 0.3) is 10.4 Å². The molecule has 4 aromatic rings. The lowest BCUT2D eigenvalue weighted by atomic mass is 9.90. The number of methoxy groups -OCH3 is 2. The highest BCUT2D eigenvalue weighted by Gasteiger charge is 2.18. The van der Waals surface area contributed by atoms with Crippen molar-refractivity contribution in [1.82, 2.24) is 20.6 Å². The van der Waals surface area contributed by atoms with Crippen LogP contribution < -0.4 is 24.9 Å². The molecule has 0 spiro atoms. The highest BCUT2D eigenvalue weighted by atomic mass is 79.9. The molecule has 4 aromatic heterocycles. The molecular formula is C32H42BBrN4O8S2. The highest BCUT2D eigenvalue weighted by Crippen LogP contribution is 2.34. The third-order valence-electron chi connectivity index (χ3n) is 5.43. The van der Waals surface area contributed by atoms with Crippen LogP contribution in [0.15, 0.2) is 65.7 Å². The smallest absolute Gasteiger partial charge is 0.496 e. The van der Waals surface area contributed by atoms with Crippen molar-refractivity contribution < 1.29 is 38.6 Å². The lowest BCUT2D eigenvalue weighted by molar-refractivity contribution is 0.0512. The van der Waals surface area contributed by atoms with E-state index < -0.39 is 30.5 Å². The van der Waals surface area contributed by atoms with Crippen molar-refractivity contribution in [3.05, 3.63) is 75.4 Å². The Labute approximate surface area is 298 Å². The first kappa shape index (κ1) is 40.5. The lowest BCUT2D eigenvalue weighted by Gasteiger charge is -2.19. The van der Waals surface area contributed by atoms with Gasteiger partial charge < -0.3 is 39.6 Å². The standard InChI is InChI=1S/C16H20N2O3S.C10H16BNO4S.C6H6BrNO/c1-16(2,3)21-15(19)18-9-11-5-6-14(22-11)12-10-17-8-7-13(12)20-4;1-10(2,3)16-9(13)12-6-7-4-5-8(17-7)11(14)15;1-9-6-2-3-8-4-5(6)7/h5-8,10H,9H2,1-4H3,(H,18,19);4-5,14-15H,6H2,1-3H3,(H,12,13);2-4H,1H3. The van der Waals surface area contributed by atoms with Crippen LogP contribution in [0.4, 0.5) is 9.59 Å². The van der Waals surface area contributed by atoms with Gasteiger partial charge in [0.1, 0.15) is 22.7 Å². The summed E-state index contributed by atoms with van der Waals surface area (Å²) in [6.07, 6.45) is 5.94. The fraction of sp³-hybridized carbons (Fsp3) is 0.375. The fourth-order valence-electron chi connectivity index (χ4n) is 3.47. The summed E-state index contributed by atoms with van der Waals surface area (Å²) < 4.78 is 21.9. The van der Waals surface area contributed by atoms with Gasteiger partial charge >= 0.3 is 19.3 Å². The van der Waals surface area contributed by atoms with Gasteiger partial charge in [0.15, 0.2) is 0 Å². The first-order chi connectivity index (χ1) is 22.5. The quantitative estimate of drug-likeness (QED) is 0.153. The maximum Gasteiger partial charge on any atom is 0.499 e. The van der Waals surface area contributed by atoms with E-state index in [9.17, 15) is 9.59 Å². The minimum absolute atomic E-state index is 0.312.